The van der Waals surface area contributed by atoms with Gasteiger partial charge in [-0.3, -0.25) is 0 Å². The van der Waals surface area contributed by atoms with Crippen molar-refractivity contribution in [2.45, 2.75) is 108 Å². The summed E-state index contributed by atoms with van der Waals surface area (Å²) >= 11 is 0. The van der Waals surface area contributed by atoms with Gasteiger partial charge in [-0.1, -0.05) is 108 Å². The van der Waals surface area contributed by atoms with Gasteiger partial charge in [0.1, 0.15) is 0 Å². The van der Waals surface area contributed by atoms with E-state index in [-0.39, 0.29) is 0 Å². The van der Waals surface area contributed by atoms with Crippen LogP contribution in [0.25, 0.3) is 0 Å². The summed E-state index contributed by atoms with van der Waals surface area (Å²) in [6, 6.07) is 0. The lowest BCUT2D eigenvalue weighted by Gasteiger charge is -1.48. The van der Waals surface area contributed by atoms with Crippen LogP contribution in [0, 0.1) is 0 Å². The molecule has 0 heteroatoms. The first-order valence-electron chi connectivity index (χ1n) is 7.74. The molecule has 0 nitrogen and oxygen atoms in total. The van der Waals surface area contributed by atoms with Gasteiger partial charge in [0, 0.05) is 0 Å². The van der Waals surface area contributed by atoms with Gasteiger partial charge in [0.15, 0.2) is 0 Å². The Morgan fingerprint density at radius 1 is 0.438 bits per heavy atom. The van der Waals surface area contributed by atoms with E-state index in [4.69, 9.17) is 0 Å². The highest BCUT2D eigenvalue weighted by atomic mass is 14.0. The molecule has 0 aromatic carbocycles. The van der Waals surface area contributed by atoms with Gasteiger partial charge in [-0.05, 0) is 0 Å². The van der Waals surface area contributed by atoms with Gasteiger partial charge in [-0.2, -0.15) is 0 Å². The molecule has 0 atom stereocenters. The molecule has 0 heterocycles. The smallest absolute Gasteiger partial charge is 0.0533 e. The van der Waals surface area contributed by atoms with Crippen molar-refractivity contribution in [1.29, 1.82) is 0 Å². The first-order chi connectivity index (χ1) is 7.74. The average Bonchev–Trinajstić information content (AvgIpc) is 3.13. The summed E-state index contributed by atoms with van der Waals surface area (Å²) in [5, 5.41) is 0. The largest absolute Gasteiger partial charge is 0.0683 e. The fraction of sp³-hybridized carbons (Fsp3) is 1.00. The summed E-state index contributed by atoms with van der Waals surface area (Å²) < 4.78 is 0. The fourth-order valence-electron chi connectivity index (χ4n) is 0. The Morgan fingerprint density at radius 3 is 0.500 bits per heavy atom. The molecule has 1 saturated carbocycles. The van der Waals surface area contributed by atoms with Crippen LogP contribution < -0.4 is 0 Å². The number of hydrogen-bond donors (Lipinski definition) is 0. The first-order valence-corrected chi connectivity index (χ1v) is 7.74. The molecule has 0 saturated heterocycles. The molecule has 1 rings (SSSR count). The molecular formula is C16H42. The quantitative estimate of drug-likeness (QED) is 0.408. The number of rotatable bonds is 0. The topological polar surface area (TPSA) is 0 Å². The van der Waals surface area contributed by atoms with E-state index in [0.717, 1.165) is 0 Å². The minimum atomic E-state index is 1.25. The van der Waals surface area contributed by atoms with E-state index >= 15 is 0 Å². The maximum absolute atomic E-state index is 2.12. The Balaban J connectivity index is -0.0000000306. The summed E-state index contributed by atoms with van der Waals surface area (Å²) in [4.78, 5) is 0. The van der Waals surface area contributed by atoms with Crippen molar-refractivity contribution in [3.8, 4) is 0 Å². The molecule has 1 aliphatic rings. The summed E-state index contributed by atoms with van der Waals surface area (Å²) in [6.45, 7) is 20.8. The van der Waals surface area contributed by atoms with Gasteiger partial charge >= 0.3 is 0 Å². The van der Waals surface area contributed by atoms with Crippen LogP contribution in [-0.2, 0) is 0 Å². The second kappa shape index (κ2) is 81.7. The van der Waals surface area contributed by atoms with Crippen LogP contribution in [0.2, 0.25) is 0 Å². The average molecular weight is 235 g/mol. The zero-order valence-electron chi connectivity index (χ0n) is 14.2. The predicted molar refractivity (Wildman–Crippen MR) is 84.4 cm³/mol. The third kappa shape index (κ3) is 2370. The van der Waals surface area contributed by atoms with Crippen LogP contribution in [0.1, 0.15) is 108 Å². The maximum Gasteiger partial charge on any atom is -0.0533 e. The van der Waals surface area contributed by atoms with E-state index in [1.165, 1.54) is 38.5 Å². The zero-order chi connectivity index (χ0) is 14.2. The van der Waals surface area contributed by atoms with Crippen molar-refractivity contribution in [3.63, 3.8) is 0 Å². The first kappa shape index (κ1) is 29.8. The lowest BCUT2D eigenvalue weighted by Crippen LogP contribution is -1.27. The monoisotopic (exact) mass is 234 g/mol. The van der Waals surface area contributed by atoms with Gasteiger partial charge in [0.25, 0.3) is 0 Å². The van der Waals surface area contributed by atoms with Crippen molar-refractivity contribution in [2.75, 3.05) is 0 Å². The van der Waals surface area contributed by atoms with E-state index in [2.05, 4.69) is 41.5 Å². The SMILES string of the molecule is C1CC1.CC.CC.CCC.CCC.CCC. The summed E-state index contributed by atoms with van der Waals surface area (Å²) in [7, 11) is 0. The Hall–Kier alpha value is 0. The molecule has 16 heavy (non-hydrogen) atoms. The molecule has 0 unspecified atom stereocenters. The van der Waals surface area contributed by atoms with Crippen LogP contribution >= 0.6 is 0 Å². The molecule has 0 bridgehead atoms. The highest BCUT2D eigenvalue weighted by Gasteiger charge is 1.95. The zero-order valence-corrected chi connectivity index (χ0v) is 14.2. The third-order valence-corrected chi connectivity index (χ3v) is 0.354. The van der Waals surface area contributed by atoms with Crippen molar-refractivity contribution in [1.82, 2.24) is 0 Å². The predicted octanol–water partition coefficient (Wildman–Crippen LogP) is 7.47. The minimum absolute atomic E-state index is 1.25. The van der Waals surface area contributed by atoms with Gasteiger partial charge in [-0.15, -0.1) is 0 Å². The highest BCUT2D eigenvalue weighted by Crippen LogP contribution is 2.14. The minimum Gasteiger partial charge on any atom is -0.0683 e. The van der Waals surface area contributed by atoms with Crippen LogP contribution in [0.15, 0.2) is 0 Å². The van der Waals surface area contributed by atoms with Gasteiger partial charge < -0.3 is 0 Å². The van der Waals surface area contributed by atoms with Crippen LogP contribution in [0.4, 0.5) is 0 Å². The highest BCUT2D eigenvalue weighted by molar-refractivity contribution is 4.50. The third-order valence-electron chi connectivity index (χ3n) is 0.354. The van der Waals surface area contributed by atoms with Crippen molar-refractivity contribution in [3.05, 3.63) is 0 Å². The van der Waals surface area contributed by atoms with E-state index in [0.29, 0.717) is 0 Å². The Morgan fingerprint density at radius 2 is 0.500 bits per heavy atom. The summed E-state index contributed by atoms with van der Waals surface area (Å²) in [5.74, 6) is 0. The molecule has 1 fully saturated rings. The van der Waals surface area contributed by atoms with Gasteiger partial charge in [-0.25, -0.2) is 0 Å². The van der Waals surface area contributed by atoms with E-state index in [1.807, 2.05) is 27.7 Å². The molecule has 106 valence electrons. The molecule has 0 spiro atoms. The lowest BCUT2D eigenvalue weighted by molar-refractivity contribution is 1.09. The molecule has 0 amide bonds. The maximum atomic E-state index is 2.12. The lowest BCUT2D eigenvalue weighted by atomic mass is 10.6. The van der Waals surface area contributed by atoms with Crippen molar-refractivity contribution >= 4 is 0 Å². The standard InChI is InChI=1S/C3H6.3C3H8.2C2H6/c1-2-3-1;3*1-3-2;2*1-2/h1-3H2;3*3H2,1-2H3;2*1-2H3. The van der Waals surface area contributed by atoms with E-state index in [1.54, 1.807) is 0 Å². The van der Waals surface area contributed by atoms with Crippen LogP contribution in [0.5, 0.6) is 0 Å². The van der Waals surface area contributed by atoms with E-state index < -0.39 is 0 Å². The molecule has 0 aliphatic heterocycles. The molecular weight excluding hydrogens is 192 g/mol. The Bertz CT molecular complexity index is 21.5. The Labute approximate surface area is 108 Å². The van der Waals surface area contributed by atoms with Gasteiger partial charge in [0.05, 0.1) is 0 Å². The van der Waals surface area contributed by atoms with E-state index in [9.17, 15) is 0 Å². The molecule has 0 radical (unpaired) electrons. The van der Waals surface area contributed by atoms with Gasteiger partial charge in [0.2, 0.25) is 0 Å². The Kier molecular flexibility index (Phi) is 152. The fourth-order valence-corrected chi connectivity index (χ4v) is 0. The normalized spacial score (nSPS) is 8.62. The van der Waals surface area contributed by atoms with Crippen LogP contribution in [-0.4, -0.2) is 0 Å². The summed E-state index contributed by atoms with van der Waals surface area (Å²) in [6.07, 6.45) is 8.25. The molecule has 0 aromatic rings. The second-order valence-electron chi connectivity index (χ2n) is 3.18. The van der Waals surface area contributed by atoms with Crippen molar-refractivity contribution in [2.24, 2.45) is 0 Å². The molecule has 0 aromatic heterocycles. The van der Waals surface area contributed by atoms with Crippen LogP contribution in [0.3, 0.4) is 0 Å². The number of hydrogen-bond acceptors (Lipinski definition) is 0. The van der Waals surface area contributed by atoms with Crippen molar-refractivity contribution < 1.29 is 0 Å². The molecule has 0 N–H and O–H groups in total. The molecule has 1 aliphatic carbocycles. The summed E-state index contributed by atoms with van der Waals surface area (Å²) in [5.41, 5.74) is 0. The second-order valence-corrected chi connectivity index (χ2v) is 3.18.